The Bertz CT molecular complexity index is 630. The van der Waals surface area contributed by atoms with Crippen LogP contribution in [0.4, 0.5) is 0 Å². The number of benzene rings is 2. The van der Waals surface area contributed by atoms with Gasteiger partial charge in [0.1, 0.15) is 0 Å². The summed E-state index contributed by atoms with van der Waals surface area (Å²) in [5, 5.41) is 0. The van der Waals surface area contributed by atoms with Crippen molar-refractivity contribution in [3.05, 3.63) is 71.8 Å². The summed E-state index contributed by atoms with van der Waals surface area (Å²) in [6.07, 6.45) is 8.69. The minimum atomic E-state index is -4.30. The van der Waals surface area contributed by atoms with Gasteiger partial charge in [0, 0.05) is 5.92 Å². The second kappa shape index (κ2) is 12.1. The van der Waals surface area contributed by atoms with Crippen molar-refractivity contribution in [1.29, 1.82) is 0 Å². The molecular weight excluding hydrogens is 359 g/mol. The van der Waals surface area contributed by atoms with Crippen LogP contribution in [0.2, 0.25) is 0 Å². The van der Waals surface area contributed by atoms with Gasteiger partial charge in [-0.25, -0.2) is 4.57 Å². The average molecular weight is 390 g/mol. The second-order valence-corrected chi connectivity index (χ2v) is 8.20. The summed E-state index contributed by atoms with van der Waals surface area (Å²) >= 11 is 0. The Kier molecular flexibility index (Phi) is 9.79. The SMILES string of the molecule is O=P(O)(O)OCCCCCCCCCC(c1ccccc1)c1ccccc1. The van der Waals surface area contributed by atoms with Gasteiger partial charge in [0.25, 0.3) is 0 Å². The van der Waals surface area contributed by atoms with Crippen molar-refractivity contribution < 1.29 is 18.9 Å². The Hall–Kier alpha value is -1.45. The molecule has 0 saturated carbocycles. The summed E-state index contributed by atoms with van der Waals surface area (Å²) in [4.78, 5) is 17.2. The topological polar surface area (TPSA) is 66.8 Å². The van der Waals surface area contributed by atoms with Crippen LogP contribution in [0, 0.1) is 0 Å². The molecule has 2 N–H and O–H groups in total. The fraction of sp³-hybridized carbons (Fsp3) is 0.455. The Balaban J connectivity index is 1.64. The molecule has 0 saturated heterocycles. The zero-order valence-electron chi connectivity index (χ0n) is 15.9. The van der Waals surface area contributed by atoms with Crippen molar-refractivity contribution >= 4 is 7.82 Å². The lowest BCUT2D eigenvalue weighted by Gasteiger charge is -2.18. The molecule has 2 aromatic carbocycles. The van der Waals surface area contributed by atoms with E-state index in [9.17, 15) is 4.57 Å². The molecule has 0 aliphatic carbocycles. The van der Waals surface area contributed by atoms with Crippen LogP contribution < -0.4 is 0 Å². The first-order chi connectivity index (χ1) is 13.1. The molecule has 2 rings (SSSR count). The second-order valence-electron chi connectivity index (χ2n) is 6.96. The molecule has 0 fully saturated rings. The fourth-order valence-electron chi connectivity index (χ4n) is 3.41. The first-order valence-corrected chi connectivity index (χ1v) is 11.4. The Morgan fingerprint density at radius 1 is 0.704 bits per heavy atom. The highest BCUT2D eigenvalue weighted by molar-refractivity contribution is 7.46. The van der Waals surface area contributed by atoms with Crippen molar-refractivity contribution in [2.75, 3.05) is 6.61 Å². The van der Waals surface area contributed by atoms with Gasteiger partial charge in [-0.3, -0.25) is 4.52 Å². The van der Waals surface area contributed by atoms with Gasteiger partial charge in [-0.15, -0.1) is 0 Å². The minimum absolute atomic E-state index is 0.139. The molecule has 5 heteroatoms. The third kappa shape index (κ3) is 9.34. The predicted molar refractivity (Wildman–Crippen MR) is 110 cm³/mol. The number of unbranched alkanes of at least 4 members (excludes halogenated alkanes) is 6. The Morgan fingerprint density at radius 3 is 1.63 bits per heavy atom. The maximum Gasteiger partial charge on any atom is 0.469 e. The molecule has 27 heavy (non-hydrogen) atoms. The van der Waals surface area contributed by atoms with E-state index in [1.165, 1.54) is 30.4 Å². The highest BCUT2D eigenvalue weighted by Crippen LogP contribution is 2.35. The molecule has 0 spiro atoms. The molecule has 0 aromatic heterocycles. The van der Waals surface area contributed by atoms with E-state index in [0.29, 0.717) is 12.3 Å². The van der Waals surface area contributed by atoms with Gasteiger partial charge in [-0.05, 0) is 24.0 Å². The highest BCUT2D eigenvalue weighted by atomic mass is 31.2. The van der Waals surface area contributed by atoms with Gasteiger partial charge in [0.2, 0.25) is 0 Å². The van der Waals surface area contributed by atoms with Gasteiger partial charge in [-0.1, -0.05) is 99.2 Å². The number of phosphoric ester groups is 1. The van der Waals surface area contributed by atoms with Gasteiger partial charge in [0.05, 0.1) is 6.61 Å². The summed E-state index contributed by atoms with van der Waals surface area (Å²) < 4.78 is 15.0. The van der Waals surface area contributed by atoms with E-state index in [1.54, 1.807) is 0 Å². The lowest BCUT2D eigenvalue weighted by atomic mass is 9.87. The largest absolute Gasteiger partial charge is 0.469 e. The molecule has 2 aromatic rings. The molecule has 0 heterocycles. The summed E-state index contributed by atoms with van der Waals surface area (Å²) in [5.74, 6) is 0.456. The molecule has 0 bridgehead atoms. The third-order valence-corrected chi connectivity index (χ3v) is 5.32. The Morgan fingerprint density at radius 2 is 1.15 bits per heavy atom. The maximum atomic E-state index is 10.6. The molecule has 0 atom stereocenters. The van der Waals surface area contributed by atoms with Crippen molar-refractivity contribution in [3.63, 3.8) is 0 Å². The molecule has 148 valence electrons. The normalized spacial score (nSPS) is 11.8. The lowest BCUT2D eigenvalue weighted by Crippen LogP contribution is -2.01. The van der Waals surface area contributed by atoms with Gasteiger partial charge >= 0.3 is 7.82 Å². The summed E-state index contributed by atoms with van der Waals surface area (Å²) in [6.45, 7) is 0.139. The zero-order chi connectivity index (χ0) is 19.4. The van der Waals surface area contributed by atoms with Crippen LogP contribution in [0.1, 0.15) is 68.4 Å². The number of rotatable bonds is 13. The number of phosphoric acid groups is 1. The van der Waals surface area contributed by atoms with E-state index in [1.807, 2.05) is 0 Å². The number of hydrogen-bond acceptors (Lipinski definition) is 2. The van der Waals surface area contributed by atoms with Crippen LogP contribution in [0.5, 0.6) is 0 Å². The molecule has 4 nitrogen and oxygen atoms in total. The predicted octanol–water partition coefficient (Wildman–Crippen LogP) is 6.05. The van der Waals surface area contributed by atoms with E-state index >= 15 is 0 Å². The van der Waals surface area contributed by atoms with Crippen molar-refractivity contribution in [1.82, 2.24) is 0 Å². The first kappa shape index (κ1) is 21.8. The standard InChI is InChI=1S/C22H31O4P/c23-27(24,25)26-19-13-5-3-1-2-4-12-18-22(20-14-8-6-9-15-20)21-16-10-7-11-17-21/h6-11,14-17,22H,1-5,12-13,18-19H2,(H2,23,24,25). The fourth-order valence-corrected chi connectivity index (χ4v) is 3.78. The van der Waals surface area contributed by atoms with Crippen molar-refractivity contribution in [3.8, 4) is 0 Å². The van der Waals surface area contributed by atoms with Crippen LogP contribution in [-0.2, 0) is 9.09 Å². The third-order valence-electron chi connectivity index (χ3n) is 4.80. The maximum absolute atomic E-state index is 10.6. The van der Waals surface area contributed by atoms with Gasteiger partial charge in [-0.2, -0.15) is 0 Å². The molecular formula is C22H31O4P. The highest BCUT2D eigenvalue weighted by Gasteiger charge is 2.13. The molecule has 0 aliphatic heterocycles. The minimum Gasteiger partial charge on any atom is -0.303 e. The van der Waals surface area contributed by atoms with E-state index in [2.05, 4.69) is 65.2 Å². The molecule has 0 amide bonds. The number of hydrogen-bond donors (Lipinski definition) is 2. The van der Waals surface area contributed by atoms with Crippen LogP contribution >= 0.6 is 7.82 Å². The summed E-state index contributed by atoms with van der Waals surface area (Å²) in [6, 6.07) is 21.5. The summed E-state index contributed by atoms with van der Waals surface area (Å²) in [7, 11) is -4.30. The molecule has 0 unspecified atom stereocenters. The summed E-state index contributed by atoms with van der Waals surface area (Å²) in [5.41, 5.74) is 2.77. The van der Waals surface area contributed by atoms with Crippen LogP contribution in [0.15, 0.2) is 60.7 Å². The van der Waals surface area contributed by atoms with E-state index in [4.69, 9.17) is 9.79 Å². The van der Waals surface area contributed by atoms with Crippen LogP contribution in [0.3, 0.4) is 0 Å². The quantitative estimate of drug-likeness (QED) is 0.323. The van der Waals surface area contributed by atoms with Gasteiger partial charge < -0.3 is 9.79 Å². The lowest BCUT2D eigenvalue weighted by molar-refractivity contribution is 0.193. The van der Waals surface area contributed by atoms with Crippen LogP contribution in [0.25, 0.3) is 0 Å². The van der Waals surface area contributed by atoms with E-state index in [-0.39, 0.29) is 6.61 Å². The van der Waals surface area contributed by atoms with Crippen LogP contribution in [-0.4, -0.2) is 16.4 Å². The van der Waals surface area contributed by atoms with E-state index in [0.717, 1.165) is 25.7 Å². The molecule has 0 aliphatic rings. The first-order valence-electron chi connectivity index (χ1n) is 9.86. The molecule has 0 radical (unpaired) electrons. The van der Waals surface area contributed by atoms with Crippen molar-refractivity contribution in [2.24, 2.45) is 0 Å². The monoisotopic (exact) mass is 390 g/mol. The zero-order valence-corrected chi connectivity index (χ0v) is 16.8. The average Bonchev–Trinajstić information content (AvgIpc) is 2.67. The Labute approximate surface area is 162 Å². The van der Waals surface area contributed by atoms with E-state index < -0.39 is 7.82 Å². The van der Waals surface area contributed by atoms with Gasteiger partial charge in [0.15, 0.2) is 0 Å². The smallest absolute Gasteiger partial charge is 0.303 e. The van der Waals surface area contributed by atoms with Crippen molar-refractivity contribution in [2.45, 2.75) is 57.3 Å².